The van der Waals surface area contributed by atoms with Gasteiger partial charge in [0, 0.05) is 61.1 Å². The summed E-state index contributed by atoms with van der Waals surface area (Å²) in [6.07, 6.45) is 7.97. The van der Waals surface area contributed by atoms with Crippen LogP contribution in [0.15, 0.2) is 42.7 Å². The van der Waals surface area contributed by atoms with Crippen molar-refractivity contribution in [2.75, 3.05) is 20.3 Å². The van der Waals surface area contributed by atoms with Crippen LogP contribution in [0.3, 0.4) is 0 Å². The molecule has 1 amide bonds. The Labute approximate surface area is 255 Å². The maximum Gasteiger partial charge on any atom is 0.316 e. The Morgan fingerprint density at radius 2 is 1.89 bits per heavy atom. The summed E-state index contributed by atoms with van der Waals surface area (Å²) in [5, 5.41) is 1.03. The average molecular weight is 593 g/mol. The van der Waals surface area contributed by atoms with Crippen molar-refractivity contribution in [1.82, 2.24) is 34.0 Å². The molecule has 2 N–H and O–H groups in total. The van der Waals surface area contributed by atoms with E-state index in [4.69, 9.17) is 25.2 Å². The average Bonchev–Trinajstić information content (AvgIpc) is 3.45. The number of hydrogen-bond donors (Lipinski definition) is 1. The molecule has 2 bridgehead atoms. The lowest BCUT2D eigenvalue weighted by atomic mass is 10.1. The van der Waals surface area contributed by atoms with Crippen LogP contribution in [0, 0.1) is 11.8 Å². The van der Waals surface area contributed by atoms with Gasteiger partial charge in [-0.1, -0.05) is 0 Å². The van der Waals surface area contributed by atoms with E-state index in [1.807, 2.05) is 37.1 Å². The molecule has 3 aliphatic rings. The van der Waals surface area contributed by atoms with Crippen LogP contribution in [0.4, 0.5) is 0 Å². The van der Waals surface area contributed by atoms with E-state index < -0.39 is 0 Å². The molecule has 8 rings (SSSR count). The lowest BCUT2D eigenvalue weighted by Gasteiger charge is -2.27. The predicted molar refractivity (Wildman–Crippen MR) is 166 cm³/mol. The van der Waals surface area contributed by atoms with Crippen molar-refractivity contribution in [3.8, 4) is 34.5 Å². The van der Waals surface area contributed by atoms with Gasteiger partial charge in [0.25, 0.3) is 5.91 Å². The molecule has 0 spiro atoms. The molecule has 1 saturated heterocycles. The Kier molecular flexibility index (Phi) is 6.33. The maximum atomic E-state index is 13.7. The van der Waals surface area contributed by atoms with Gasteiger partial charge in [-0.2, -0.15) is 0 Å². The first-order valence-corrected chi connectivity index (χ1v) is 15.5. The molecular weight excluding hydrogens is 556 g/mol. The molecule has 5 aromatic rings. The molecule has 5 heterocycles. The predicted octanol–water partition coefficient (Wildman–Crippen LogP) is 4.43. The number of aryl methyl sites for hydroxylation is 1. The molecule has 2 aliphatic carbocycles. The number of likely N-dealkylation sites (tertiary alicyclic amines) is 1. The van der Waals surface area contributed by atoms with E-state index in [9.17, 15) is 4.79 Å². The lowest BCUT2D eigenvalue weighted by Crippen LogP contribution is -2.41. The smallest absolute Gasteiger partial charge is 0.316 e. The van der Waals surface area contributed by atoms with Crippen LogP contribution in [0.2, 0.25) is 0 Å². The zero-order valence-corrected chi connectivity index (χ0v) is 25.2. The summed E-state index contributed by atoms with van der Waals surface area (Å²) in [7, 11) is 3.64. The highest BCUT2D eigenvalue weighted by molar-refractivity contribution is 6.00. The number of rotatable bonds is 8. The number of benzene rings is 1. The van der Waals surface area contributed by atoms with Crippen LogP contribution in [-0.4, -0.2) is 72.2 Å². The normalized spacial score (nSPS) is 21.1. The Bertz CT molecular complexity index is 1910. The summed E-state index contributed by atoms with van der Waals surface area (Å²) in [4.78, 5) is 34.5. The molecule has 0 radical (unpaired) electrons. The Morgan fingerprint density at radius 1 is 1.07 bits per heavy atom. The molecule has 1 aliphatic heterocycles. The standard InChI is InChI=1S/C33H36N8O3/c1-4-44-33-35-14-22(15-36-33)23-9-7-19-12-26(40(30(19)37-23)16-18-5-6-18)31-38-24-11-21(13-27(43-3)29(24)39(31)2)32(42)41-17-20-8-10-25(41)28(20)34/h7,9,11-15,18,20,25,28H,4-6,8,10,16-17,34H2,1-3H3/t20?,25?,28-/m1/s1. The minimum Gasteiger partial charge on any atom is -0.494 e. The number of carbonyl (C=O) groups excluding carboxylic acids is 1. The maximum absolute atomic E-state index is 13.7. The van der Waals surface area contributed by atoms with E-state index in [1.165, 1.54) is 12.8 Å². The minimum absolute atomic E-state index is 0.00195. The molecule has 4 aromatic heterocycles. The van der Waals surface area contributed by atoms with E-state index in [0.29, 0.717) is 35.8 Å². The fourth-order valence-corrected chi connectivity index (χ4v) is 7.14. The van der Waals surface area contributed by atoms with Gasteiger partial charge < -0.3 is 29.2 Å². The highest BCUT2D eigenvalue weighted by Crippen LogP contribution is 2.40. The molecule has 11 heteroatoms. The third kappa shape index (κ3) is 4.32. The third-order valence-electron chi connectivity index (χ3n) is 9.62. The van der Waals surface area contributed by atoms with Crippen molar-refractivity contribution in [3.05, 3.63) is 48.3 Å². The molecule has 11 nitrogen and oxygen atoms in total. The van der Waals surface area contributed by atoms with Gasteiger partial charge in [-0.05, 0) is 74.8 Å². The monoisotopic (exact) mass is 592 g/mol. The highest BCUT2D eigenvalue weighted by Gasteiger charge is 2.47. The van der Waals surface area contributed by atoms with Crippen LogP contribution >= 0.6 is 0 Å². The molecule has 2 saturated carbocycles. The first kappa shape index (κ1) is 27.1. The number of hydrogen-bond acceptors (Lipinski definition) is 8. The number of amides is 1. The van der Waals surface area contributed by atoms with Crippen molar-refractivity contribution in [1.29, 1.82) is 0 Å². The summed E-state index contributed by atoms with van der Waals surface area (Å²) in [5.41, 5.74) is 12.1. The number of ether oxygens (including phenoxy) is 2. The SMILES string of the molecule is CCOc1ncc(-c2ccc3cc(-c4nc5cc(C(=O)N6CC7CCC6[C@@H]7N)cc(OC)c5n4C)n(CC4CC4)c3n2)cn1. The molecule has 44 heavy (non-hydrogen) atoms. The van der Waals surface area contributed by atoms with Crippen LogP contribution in [0.1, 0.15) is 43.0 Å². The van der Waals surface area contributed by atoms with E-state index in [0.717, 1.165) is 70.8 Å². The number of aromatic nitrogens is 6. The Balaban J connectivity index is 1.21. The lowest BCUT2D eigenvalue weighted by molar-refractivity contribution is 0.0700. The molecule has 226 valence electrons. The summed E-state index contributed by atoms with van der Waals surface area (Å²) >= 11 is 0. The quantitative estimate of drug-likeness (QED) is 0.281. The molecule has 1 aromatic carbocycles. The van der Waals surface area contributed by atoms with Gasteiger partial charge in [0.05, 0.1) is 30.6 Å². The van der Waals surface area contributed by atoms with Crippen LogP contribution in [0.5, 0.6) is 11.8 Å². The Morgan fingerprint density at radius 3 is 2.57 bits per heavy atom. The zero-order valence-electron chi connectivity index (χ0n) is 25.2. The summed E-state index contributed by atoms with van der Waals surface area (Å²) < 4.78 is 15.6. The number of nitrogens with two attached hydrogens (primary N) is 1. The van der Waals surface area contributed by atoms with E-state index >= 15 is 0 Å². The summed E-state index contributed by atoms with van der Waals surface area (Å²) in [5.74, 6) is 2.42. The number of fused-ring (bicyclic) bond motifs is 4. The van der Waals surface area contributed by atoms with Crippen molar-refractivity contribution in [3.63, 3.8) is 0 Å². The third-order valence-corrected chi connectivity index (χ3v) is 9.62. The van der Waals surface area contributed by atoms with Crippen LogP contribution < -0.4 is 15.2 Å². The van der Waals surface area contributed by atoms with Crippen LogP contribution in [0.25, 0.3) is 44.8 Å². The van der Waals surface area contributed by atoms with Crippen molar-refractivity contribution in [2.24, 2.45) is 24.6 Å². The number of methoxy groups -OCH3 is 1. The van der Waals surface area contributed by atoms with Gasteiger partial charge in [-0.3, -0.25) is 4.79 Å². The fraction of sp³-hybridized carbons (Fsp3) is 0.424. The van der Waals surface area contributed by atoms with E-state index in [-0.39, 0.29) is 18.0 Å². The van der Waals surface area contributed by atoms with Crippen molar-refractivity contribution >= 4 is 28.0 Å². The van der Waals surface area contributed by atoms with Gasteiger partial charge in [0.2, 0.25) is 0 Å². The van der Waals surface area contributed by atoms with Crippen molar-refractivity contribution in [2.45, 2.75) is 51.2 Å². The fourth-order valence-electron chi connectivity index (χ4n) is 7.14. The zero-order chi connectivity index (χ0) is 30.1. The Hall–Kier alpha value is -4.51. The minimum atomic E-state index is -0.00195. The second-order valence-corrected chi connectivity index (χ2v) is 12.4. The molecule has 3 fully saturated rings. The first-order valence-electron chi connectivity index (χ1n) is 15.5. The van der Waals surface area contributed by atoms with Gasteiger partial charge >= 0.3 is 6.01 Å². The van der Waals surface area contributed by atoms with Gasteiger partial charge in [0.1, 0.15) is 16.9 Å². The molecule has 2 unspecified atom stereocenters. The largest absolute Gasteiger partial charge is 0.494 e. The first-order chi connectivity index (χ1) is 21.4. The van der Waals surface area contributed by atoms with Gasteiger partial charge in [0.15, 0.2) is 5.82 Å². The second kappa shape index (κ2) is 10.3. The van der Waals surface area contributed by atoms with Gasteiger partial charge in [-0.15, -0.1) is 0 Å². The molecular formula is C33H36N8O3. The highest BCUT2D eigenvalue weighted by atomic mass is 16.5. The summed E-state index contributed by atoms with van der Waals surface area (Å²) in [6.45, 7) is 4.00. The topological polar surface area (TPSA) is 126 Å². The van der Waals surface area contributed by atoms with Gasteiger partial charge in [-0.25, -0.2) is 19.9 Å². The van der Waals surface area contributed by atoms with Crippen molar-refractivity contribution < 1.29 is 14.3 Å². The number of piperidine rings is 1. The summed E-state index contributed by atoms with van der Waals surface area (Å²) in [6, 6.07) is 10.5. The van der Waals surface area contributed by atoms with E-state index in [1.54, 1.807) is 19.5 Å². The second-order valence-electron chi connectivity index (χ2n) is 12.4. The number of nitrogens with zero attached hydrogens (tertiary/aromatic N) is 7. The van der Waals surface area contributed by atoms with Crippen LogP contribution in [-0.2, 0) is 13.6 Å². The number of pyridine rings is 1. The van der Waals surface area contributed by atoms with E-state index in [2.05, 4.69) is 31.2 Å². The number of imidazole rings is 1. The number of carbonyl (C=O) groups is 1. The molecule has 3 atom stereocenters.